The molecule has 5 heteroatoms. The normalized spacial score (nSPS) is 18.6. The van der Waals surface area contributed by atoms with E-state index in [0.29, 0.717) is 6.54 Å². The number of nitrogens with one attached hydrogen (secondary N) is 1. The number of ether oxygens (including phenoxy) is 1. The lowest BCUT2D eigenvalue weighted by atomic mass is 10.0. The Morgan fingerprint density at radius 2 is 1.91 bits per heavy atom. The lowest BCUT2D eigenvalue weighted by Gasteiger charge is -2.35. The summed E-state index contributed by atoms with van der Waals surface area (Å²) in [5, 5.41) is 12.8. The van der Waals surface area contributed by atoms with Crippen LogP contribution >= 0.6 is 0 Å². The number of morpholine rings is 1. The van der Waals surface area contributed by atoms with E-state index in [1.165, 1.54) is 5.56 Å². The van der Waals surface area contributed by atoms with Gasteiger partial charge in [-0.25, -0.2) is 0 Å². The Labute approximate surface area is 138 Å². The van der Waals surface area contributed by atoms with E-state index >= 15 is 0 Å². The quantitative estimate of drug-likeness (QED) is 0.801. The monoisotopic (exact) mass is 320 g/mol. The number of hydrogen-bond acceptors (Lipinski definition) is 4. The molecule has 1 aromatic rings. The van der Waals surface area contributed by atoms with E-state index < -0.39 is 6.10 Å². The van der Waals surface area contributed by atoms with Crippen molar-refractivity contribution in [3.8, 4) is 0 Å². The van der Waals surface area contributed by atoms with E-state index in [2.05, 4.69) is 22.3 Å². The standard InChI is InChI=1S/C18H28N2O3/c1-14(2)17(21)12-18(22)19-13-16(15-6-4-3-5-7-15)20-8-10-23-11-9-20/h3-7,14,16-17,21H,8-13H2,1-2H3,(H,19,22). The van der Waals surface area contributed by atoms with Crippen LogP contribution in [0, 0.1) is 5.92 Å². The maximum absolute atomic E-state index is 12.1. The van der Waals surface area contributed by atoms with Crippen LogP contribution in [0.25, 0.3) is 0 Å². The number of benzene rings is 1. The molecule has 1 saturated heterocycles. The van der Waals surface area contributed by atoms with Crippen LogP contribution in [0.5, 0.6) is 0 Å². The molecule has 1 amide bonds. The summed E-state index contributed by atoms with van der Waals surface area (Å²) in [5.41, 5.74) is 1.19. The molecule has 5 nitrogen and oxygen atoms in total. The third kappa shape index (κ3) is 5.61. The van der Waals surface area contributed by atoms with Crippen LogP contribution in [0.3, 0.4) is 0 Å². The highest BCUT2D eigenvalue weighted by Crippen LogP contribution is 2.21. The highest BCUT2D eigenvalue weighted by atomic mass is 16.5. The van der Waals surface area contributed by atoms with Crippen molar-refractivity contribution in [2.45, 2.75) is 32.4 Å². The zero-order chi connectivity index (χ0) is 16.7. The third-order valence-electron chi connectivity index (χ3n) is 4.33. The highest BCUT2D eigenvalue weighted by Gasteiger charge is 2.23. The number of rotatable bonds is 7. The van der Waals surface area contributed by atoms with E-state index in [4.69, 9.17) is 4.74 Å². The fourth-order valence-corrected chi connectivity index (χ4v) is 2.73. The Kier molecular flexibility index (Phi) is 7.02. The topological polar surface area (TPSA) is 61.8 Å². The number of amides is 1. The summed E-state index contributed by atoms with van der Waals surface area (Å²) in [5.74, 6) is -0.00898. The SMILES string of the molecule is CC(C)C(O)CC(=O)NCC(c1ccccc1)N1CCOCC1. The average Bonchev–Trinajstić information content (AvgIpc) is 2.57. The molecule has 1 aromatic carbocycles. The van der Waals surface area contributed by atoms with Gasteiger partial charge in [0.15, 0.2) is 0 Å². The Balaban J connectivity index is 1.96. The first-order chi connectivity index (χ1) is 11.1. The van der Waals surface area contributed by atoms with Crippen LogP contribution in [-0.2, 0) is 9.53 Å². The van der Waals surface area contributed by atoms with Crippen LogP contribution in [0.15, 0.2) is 30.3 Å². The summed E-state index contributed by atoms with van der Waals surface area (Å²) >= 11 is 0. The van der Waals surface area contributed by atoms with E-state index in [1.54, 1.807) is 0 Å². The first kappa shape index (κ1) is 17.9. The van der Waals surface area contributed by atoms with Gasteiger partial charge >= 0.3 is 0 Å². The summed E-state index contributed by atoms with van der Waals surface area (Å²) < 4.78 is 5.43. The second kappa shape index (κ2) is 9.01. The molecule has 1 aliphatic rings. The molecule has 0 radical (unpaired) electrons. The third-order valence-corrected chi connectivity index (χ3v) is 4.33. The molecule has 1 heterocycles. The maximum atomic E-state index is 12.1. The van der Waals surface area contributed by atoms with Gasteiger partial charge < -0.3 is 15.2 Å². The number of hydrogen-bond donors (Lipinski definition) is 2. The van der Waals surface area contributed by atoms with Crippen LogP contribution in [0.4, 0.5) is 0 Å². The van der Waals surface area contributed by atoms with Crippen molar-refractivity contribution in [1.29, 1.82) is 0 Å². The Morgan fingerprint density at radius 1 is 1.26 bits per heavy atom. The minimum absolute atomic E-state index is 0.0879. The minimum atomic E-state index is -0.589. The molecular weight excluding hydrogens is 292 g/mol. The number of carbonyl (C=O) groups excluding carboxylic acids is 1. The second-order valence-electron chi connectivity index (χ2n) is 6.39. The van der Waals surface area contributed by atoms with Crippen molar-refractivity contribution in [3.63, 3.8) is 0 Å². The molecular formula is C18H28N2O3. The highest BCUT2D eigenvalue weighted by molar-refractivity contribution is 5.76. The summed E-state index contributed by atoms with van der Waals surface area (Å²) in [6.07, 6.45) is -0.434. The van der Waals surface area contributed by atoms with Gasteiger partial charge in [0.1, 0.15) is 0 Å². The molecule has 2 rings (SSSR count). The van der Waals surface area contributed by atoms with Gasteiger partial charge in [0.05, 0.1) is 31.8 Å². The summed E-state index contributed by atoms with van der Waals surface area (Å²) in [6.45, 7) is 7.56. The summed E-state index contributed by atoms with van der Waals surface area (Å²) in [4.78, 5) is 14.4. The van der Waals surface area contributed by atoms with E-state index in [9.17, 15) is 9.90 Å². The number of aliphatic hydroxyl groups is 1. The number of aliphatic hydroxyl groups excluding tert-OH is 1. The van der Waals surface area contributed by atoms with Crippen molar-refractivity contribution in [1.82, 2.24) is 10.2 Å². The first-order valence-corrected chi connectivity index (χ1v) is 8.39. The van der Waals surface area contributed by atoms with Crippen molar-refractivity contribution in [2.24, 2.45) is 5.92 Å². The van der Waals surface area contributed by atoms with Gasteiger partial charge in [0, 0.05) is 19.6 Å². The van der Waals surface area contributed by atoms with Crippen molar-refractivity contribution < 1.29 is 14.6 Å². The van der Waals surface area contributed by atoms with E-state index in [0.717, 1.165) is 26.3 Å². The molecule has 1 aliphatic heterocycles. The molecule has 2 unspecified atom stereocenters. The van der Waals surface area contributed by atoms with Gasteiger partial charge in [0.2, 0.25) is 5.91 Å². The minimum Gasteiger partial charge on any atom is -0.392 e. The van der Waals surface area contributed by atoms with Gasteiger partial charge in [-0.3, -0.25) is 9.69 Å². The van der Waals surface area contributed by atoms with Gasteiger partial charge in [-0.05, 0) is 11.5 Å². The Hall–Kier alpha value is -1.43. The fraction of sp³-hybridized carbons (Fsp3) is 0.611. The molecule has 0 bridgehead atoms. The maximum Gasteiger partial charge on any atom is 0.222 e. The van der Waals surface area contributed by atoms with Crippen LogP contribution in [-0.4, -0.2) is 54.9 Å². The smallest absolute Gasteiger partial charge is 0.222 e. The second-order valence-corrected chi connectivity index (χ2v) is 6.39. The van der Waals surface area contributed by atoms with Crippen LogP contribution in [0.1, 0.15) is 31.9 Å². The molecule has 0 spiro atoms. The Morgan fingerprint density at radius 3 is 2.52 bits per heavy atom. The van der Waals surface area contributed by atoms with E-state index in [-0.39, 0.29) is 24.3 Å². The lowest BCUT2D eigenvalue weighted by Crippen LogP contribution is -2.44. The largest absolute Gasteiger partial charge is 0.392 e. The molecule has 1 fully saturated rings. The molecule has 0 aliphatic carbocycles. The Bertz CT molecular complexity index is 472. The van der Waals surface area contributed by atoms with Crippen molar-refractivity contribution >= 4 is 5.91 Å². The van der Waals surface area contributed by atoms with Gasteiger partial charge in [-0.15, -0.1) is 0 Å². The molecule has 0 aromatic heterocycles. The number of carbonyl (C=O) groups is 1. The van der Waals surface area contributed by atoms with Gasteiger partial charge in [-0.1, -0.05) is 44.2 Å². The zero-order valence-electron chi connectivity index (χ0n) is 14.1. The average molecular weight is 320 g/mol. The zero-order valence-corrected chi connectivity index (χ0v) is 14.1. The van der Waals surface area contributed by atoms with Crippen LogP contribution in [0.2, 0.25) is 0 Å². The molecule has 0 saturated carbocycles. The molecule has 128 valence electrons. The lowest BCUT2D eigenvalue weighted by molar-refractivity contribution is -0.123. The number of nitrogens with zero attached hydrogens (tertiary/aromatic N) is 1. The predicted molar refractivity (Wildman–Crippen MR) is 90.0 cm³/mol. The van der Waals surface area contributed by atoms with Gasteiger partial charge in [0.25, 0.3) is 0 Å². The van der Waals surface area contributed by atoms with Crippen molar-refractivity contribution in [2.75, 3.05) is 32.8 Å². The summed E-state index contributed by atoms with van der Waals surface area (Å²) in [6, 6.07) is 10.4. The predicted octanol–water partition coefficient (Wildman–Crippen LogP) is 1.58. The van der Waals surface area contributed by atoms with Crippen molar-refractivity contribution in [3.05, 3.63) is 35.9 Å². The molecule has 23 heavy (non-hydrogen) atoms. The van der Waals surface area contributed by atoms with E-state index in [1.807, 2.05) is 32.0 Å². The van der Waals surface area contributed by atoms with Gasteiger partial charge in [-0.2, -0.15) is 0 Å². The molecule has 2 atom stereocenters. The molecule has 2 N–H and O–H groups in total. The first-order valence-electron chi connectivity index (χ1n) is 8.39. The summed E-state index contributed by atoms with van der Waals surface area (Å²) in [7, 11) is 0. The fourth-order valence-electron chi connectivity index (χ4n) is 2.73. The van der Waals surface area contributed by atoms with Crippen LogP contribution < -0.4 is 5.32 Å².